The van der Waals surface area contributed by atoms with E-state index in [1.807, 2.05) is 6.07 Å². The van der Waals surface area contributed by atoms with E-state index >= 15 is 0 Å². The van der Waals surface area contributed by atoms with Crippen molar-refractivity contribution >= 4 is 60.7 Å². The van der Waals surface area contributed by atoms with Crippen LogP contribution in [0.1, 0.15) is 28.9 Å². The number of halogens is 3. The van der Waals surface area contributed by atoms with Crippen LogP contribution in [0.3, 0.4) is 0 Å². The van der Waals surface area contributed by atoms with E-state index < -0.39 is 0 Å². The predicted octanol–water partition coefficient (Wildman–Crippen LogP) is 4.41. The largest absolute Gasteiger partial charge is 0.351 e. The lowest BCUT2D eigenvalue weighted by Crippen LogP contribution is -2.27. The van der Waals surface area contributed by atoms with Gasteiger partial charge in [-0.2, -0.15) is 0 Å². The molecule has 94 valence electrons. The van der Waals surface area contributed by atoms with Gasteiger partial charge in [0, 0.05) is 16.4 Å². The van der Waals surface area contributed by atoms with Gasteiger partial charge < -0.3 is 5.32 Å². The van der Waals surface area contributed by atoms with E-state index in [9.17, 15) is 4.79 Å². The van der Waals surface area contributed by atoms with Crippen molar-refractivity contribution < 1.29 is 4.79 Å². The Morgan fingerprint density at radius 1 is 1.53 bits per heavy atom. The van der Waals surface area contributed by atoms with Crippen LogP contribution in [-0.4, -0.2) is 17.8 Å². The topological polar surface area (TPSA) is 29.1 Å². The van der Waals surface area contributed by atoms with Crippen LogP contribution < -0.4 is 5.32 Å². The fourth-order valence-corrected chi connectivity index (χ4v) is 4.31. The average molecular weight is 402 g/mol. The van der Waals surface area contributed by atoms with E-state index in [4.69, 9.17) is 11.6 Å². The molecule has 1 heterocycles. The molecule has 1 aliphatic rings. The summed E-state index contributed by atoms with van der Waals surface area (Å²) in [6.45, 7) is 0.731. The third kappa shape index (κ3) is 3.69. The summed E-state index contributed by atoms with van der Waals surface area (Å²) in [6, 6.07) is 1.84. The number of hydrogen-bond acceptors (Lipinski definition) is 2. The summed E-state index contributed by atoms with van der Waals surface area (Å²) >= 11 is 14.2. The number of thiophene rings is 1. The van der Waals surface area contributed by atoms with Crippen molar-refractivity contribution in [2.75, 3.05) is 6.54 Å². The molecule has 17 heavy (non-hydrogen) atoms. The Balaban J connectivity index is 1.85. The molecule has 2 nitrogen and oxygen atoms in total. The van der Waals surface area contributed by atoms with Crippen LogP contribution in [0, 0.1) is 5.92 Å². The minimum Gasteiger partial charge on any atom is -0.351 e. The van der Waals surface area contributed by atoms with Crippen molar-refractivity contribution in [3.63, 3.8) is 0 Å². The van der Waals surface area contributed by atoms with Crippen LogP contribution in [0.5, 0.6) is 0 Å². The number of carbonyl (C=O) groups is 1. The van der Waals surface area contributed by atoms with Gasteiger partial charge in [0.1, 0.15) is 0 Å². The molecule has 6 heteroatoms. The molecule has 1 fully saturated rings. The van der Waals surface area contributed by atoms with Crippen LogP contribution in [0.25, 0.3) is 0 Å². The Bertz CT molecular complexity index is 404. The maximum absolute atomic E-state index is 11.9. The van der Waals surface area contributed by atoms with Crippen molar-refractivity contribution in [3.05, 3.63) is 19.2 Å². The predicted molar refractivity (Wildman–Crippen MR) is 79.0 cm³/mol. The highest BCUT2D eigenvalue weighted by atomic mass is 79.9. The fourth-order valence-electron chi connectivity index (χ4n) is 1.98. The summed E-state index contributed by atoms with van der Waals surface area (Å²) in [6.07, 6.45) is 3.20. The Hall–Kier alpha value is 0.420. The van der Waals surface area contributed by atoms with Gasteiger partial charge in [-0.25, -0.2) is 0 Å². The Morgan fingerprint density at radius 3 is 2.82 bits per heavy atom. The third-order valence-corrected chi connectivity index (χ3v) is 6.55. The number of amides is 1. The molecule has 1 aromatic rings. The fraction of sp³-hybridized carbons (Fsp3) is 0.545. The van der Waals surface area contributed by atoms with Gasteiger partial charge in [-0.05, 0) is 63.1 Å². The summed E-state index contributed by atoms with van der Waals surface area (Å²) in [4.78, 5) is 12.6. The molecule has 1 aliphatic carbocycles. The second-order valence-corrected chi connectivity index (χ2v) is 8.06. The molecule has 0 saturated heterocycles. The van der Waals surface area contributed by atoms with Crippen LogP contribution >= 0.6 is 54.8 Å². The number of alkyl halides is 1. The van der Waals surface area contributed by atoms with Gasteiger partial charge in [-0.3, -0.25) is 4.79 Å². The minimum atomic E-state index is -0.000535. The number of carbonyl (C=O) groups excluding carboxylic acids is 1. The van der Waals surface area contributed by atoms with Gasteiger partial charge in [0.2, 0.25) is 0 Å². The summed E-state index contributed by atoms with van der Waals surface area (Å²) in [5.74, 6) is 0.535. The second kappa shape index (κ2) is 6.04. The number of nitrogens with one attached hydrogen (secondary N) is 1. The second-order valence-electron chi connectivity index (χ2n) is 4.22. The first-order chi connectivity index (χ1) is 8.06. The van der Waals surface area contributed by atoms with E-state index in [1.165, 1.54) is 11.3 Å². The van der Waals surface area contributed by atoms with Crippen molar-refractivity contribution in [2.45, 2.75) is 24.6 Å². The molecule has 1 saturated carbocycles. The van der Waals surface area contributed by atoms with E-state index in [0.29, 0.717) is 11.3 Å². The van der Waals surface area contributed by atoms with Crippen LogP contribution in [0.4, 0.5) is 0 Å². The molecule has 0 aliphatic heterocycles. The highest BCUT2D eigenvalue weighted by molar-refractivity contribution is 9.13. The van der Waals surface area contributed by atoms with Gasteiger partial charge in [0.25, 0.3) is 5.91 Å². The van der Waals surface area contributed by atoms with Crippen LogP contribution in [-0.2, 0) is 0 Å². The zero-order valence-corrected chi connectivity index (χ0v) is 13.8. The lowest BCUT2D eigenvalue weighted by atomic mass is 10.1. The molecule has 0 aromatic carbocycles. The average Bonchev–Trinajstić information content (AvgIpc) is 2.83. The Kier molecular flexibility index (Phi) is 4.92. The van der Waals surface area contributed by atoms with Gasteiger partial charge >= 0.3 is 0 Å². The molecular weight excluding hydrogens is 389 g/mol. The van der Waals surface area contributed by atoms with Gasteiger partial charge in [-0.15, -0.1) is 22.9 Å². The Morgan fingerprint density at radius 2 is 2.29 bits per heavy atom. The van der Waals surface area contributed by atoms with E-state index in [0.717, 1.165) is 38.9 Å². The maximum atomic E-state index is 11.9. The van der Waals surface area contributed by atoms with E-state index in [-0.39, 0.29) is 5.91 Å². The molecule has 0 radical (unpaired) electrons. The normalized spacial score (nSPS) is 23.9. The SMILES string of the molecule is O=C(NCC1CCC(Cl)C1)c1cc(Br)c(Br)s1. The van der Waals surface area contributed by atoms with E-state index in [1.54, 1.807) is 0 Å². The molecule has 0 bridgehead atoms. The lowest BCUT2D eigenvalue weighted by molar-refractivity contribution is 0.0951. The van der Waals surface area contributed by atoms with Gasteiger partial charge in [-0.1, -0.05) is 0 Å². The Labute approximate surface area is 126 Å². The van der Waals surface area contributed by atoms with Gasteiger partial charge in [0.15, 0.2) is 0 Å². The van der Waals surface area contributed by atoms with Crippen LogP contribution in [0.2, 0.25) is 0 Å². The number of hydrogen-bond donors (Lipinski definition) is 1. The molecule has 2 atom stereocenters. The number of rotatable bonds is 3. The van der Waals surface area contributed by atoms with Crippen molar-refractivity contribution in [3.8, 4) is 0 Å². The summed E-state index contributed by atoms with van der Waals surface area (Å²) < 4.78 is 1.87. The lowest BCUT2D eigenvalue weighted by Gasteiger charge is -2.09. The summed E-state index contributed by atoms with van der Waals surface area (Å²) in [7, 11) is 0. The smallest absolute Gasteiger partial charge is 0.261 e. The molecule has 2 unspecified atom stereocenters. The first-order valence-electron chi connectivity index (χ1n) is 5.43. The van der Waals surface area contributed by atoms with Crippen LogP contribution in [0.15, 0.2) is 14.3 Å². The first-order valence-corrected chi connectivity index (χ1v) is 8.27. The van der Waals surface area contributed by atoms with E-state index in [2.05, 4.69) is 37.2 Å². The molecule has 1 aromatic heterocycles. The molecule has 1 amide bonds. The molecule has 1 N–H and O–H groups in total. The molecular formula is C11H12Br2ClNOS. The highest BCUT2D eigenvalue weighted by Gasteiger charge is 2.23. The minimum absolute atomic E-state index is 0.000535. The first kappa shape index (κ1) is 13.8. The highest BCUT2D eigenvalue weighted by Crippen LogP contribution is 2.32. The van der Waals surface area contributed by atoms with Crippen molar-refractivity contribution in [1.82, 2.24) is 5.32 Å². The monoisotopic (exact) mass is 399 g/mol. The quantitative estimate of drug-likeness (QED) is 0.747. The zero-order valence-electron chi connectivity index (χ0n) is 9.01. The van der Waals surface area contributed by atoms with Gasteiger partial charge in [0.05, 0.1) is 8.66 Å². The summed E-state index contributed by atoms with van der Waals surface area (Å²) in [5.41, 5.74) is 0. The standard InChI is InChI=1S/C11H12Br2ClNOS/c12-8-4-9(17-10(8)13)11(16)15-5-6-1-2-7(14)3-6/h4,6-7H,1-3,5H2,(H,15,16). The van der Waals surface area contributed by atoms with Crippen molar-refractivity contribution in [2.24, 2.45) is 5.92 Å². The maximum Gasteiger partial charge on any atom is 0.261 e. The molecule has 0 spiro atoms. The molecule has 2 rings (SSSR count). The van der Waals surface area contributed by atoms with Crippen molar-refractivity contribution in [1.29, 1.82) is 0 Å². The summed E-state index contributed by atoms with van der Waals surface area (Å²) in [5, 5.41) is 3.27. The zero-order chi connectivity index (χ0) is 12.4. The third-order valence-electron chi connectivity index (χ3n) is 2.90.